The zero-order chi connectivity index (χ0) is 19.7. The first-order valence-electron chi connectivity index (χ1n) is 8.15. The Morgan fingerprint density at radius 3 is 2.86 bits per heavy atom. The van der Waals surface area contributed by atoms with Crippen molar-refractivity contribution in [1.29, 1.82) is 0 Å². The Bertz CT molecular complexity index is 1170. The summed E-state index contributed by atoms with van der Waals surface area (Å²) in [5.74, 6) is 0.899. The number of thioether (sulfide) groups is 1. The maximum atomic E-state index is 12.5. The molecule has 3 aromatic heterocycles. The number of nitrogens with one attached hydrogen (secondary N) is 1. The molecule has 0 atom stereocenters. The smallest absolute Gasteiger partial charge is 0.234 e. The number of halogens is 1. The van der Waals surface area contributed by atoms with Crippen molar-refractivity contribution in [2.75, 3.05) is 25.3 Å². The van der Waals surface area contributed by atoms with Crippen molar-refractivity contribution in [3.05, 3.63) is 41.0 Å². The van der Waals surface area contributed by atoms with Crippen LogP contribution in [0.2, 0.25) is 5.02 Å². The van der Waals surface area contributed by atoms with Gasteiger partial charge in [-0.1, -0.05) is 23.4 Å². The first-order chi connectivity index (χ1) is 13.6. The number of rotatable bonds is 6. The molecule has 4 aromatic rings. The standard InChI is InChI=1S/C18H15ClN4O3S2/c1-25-14-7-15(26-2)11(5-10(14)19)21-17(24)8-28-18-13-6-16-12(3-4-27-16)23(13)9-20-22-18/h3-7,9H,8H2,1-2H3,(H,21,24). The highest BCUT2D eigenvalue weighted by molar-refractivity contribution is 8.00. The first-order valence-corrected chi connectivity index (χ1v) is 10.4. The van der Waals surface area contributed by atoms with Crippen molar-refractivity contribution in [1.82, 2.24) is 14.6 Å². The minimum absolute atomic E-state index is 0.167. The fourth-order valence-corrected chi connectivity index (χ4v) is 4.60. The van der Waals surface area contributed by atoms with Crippen LogP contribution in [-0.2, 0) is 4.79 Å². The van der Waals surface area contributed by atoms with Crippen molar-refractivity contribution in [3.63, 3.8) is 0 Å². The van der Waals surface area contributed by atoms with Gasteiger partial charge in [0.05, 0.1) is 46.4 Å². The van der Waals surface area contributed by atoms with Gasteiger partial charge in [0.2, 0.25) is 5.91 Å². The molecule has 0 bridgehead atoms. The van der Waals surface area contributed by atoms with Crippen LogP contribution >= 0.6 is 34.7 Å². The lowest BCUT2D eigenvalue weighted by atomic mass is 10.2. The number of carbonyl (C=O) groups excluding carboxylic acids is 1. The molecule has 0 saturated heterocycles. The molecule has 1 aromatic carbocycles. The van der Waals surface area contributed by atoms with Crippen LogP contribution in [-0.4, -0.2) is 40.5 Å². The highest BCUT2D eigenvalue weighted by atomic mass is 35.5. The van der Waals surface area contributed by atoms with Crippen LogP contribution in [0.15, 0.2) is 41.0 Å². The summed E-state index contributed by atoms with van der Waals surface area (Å²) < 4.78 is 13.6. The van der Waals surface area contributed by atoms with E-state index in [2.05, 4.69) is 21.6 Å². The van der Waals surface area contributed by atoms with E-state index in [1.165, 1.54) is 26.0 Å². The first kappa shape index (κ1) is 18.9. The zero-order valence-electron chi connectivity index (χ0n) is 14.9. The number of ether oxygens (including phenoxy) is 2. The molecule has 0 aliphatic heterocycles. The number of hydrogen-bond acceptors (Lipinski definition) is 7. The number of carbonyl (C=O) groups is 1. The van der Waals surface area contributed by atoms with Gasteiger partial charge in [-0.15, -0.1) is 21.5 Å². The molecule has 28 heavy (non-hydrogen) atoms. The van der Waals surface area contributed by atoms with Gasteiger partial charge in [0.1, 0.15) is 22.9 Å². The quantitative estimate of drug-likeness (QED) is 0.455. The summed E-state index contributed by atoms with van der Waals surface area (Å²) in [5, 5.41) is 14.2. The van der Waals surface area contributed by atoms with E-state index >= 15 is 0 Å². The SMILES string of the molecule is COc1cc(OC)c(NC(=O)CSc2nncn3c2cc2sccc23)cc1Cl. The highest BCUT2D eigenvalue weighted by Gasteiger charge is 2.15. The number of amides is 1. The van der Waals surface area contributed by atoms with Gasteiger partial charge < -0.3 is 14.8 Å². The largest absolute Gasteiger partial charge is 0.495 e. The van der Waals surface area contributed by atoms with Crippen molar-refractivity contribution < 1.29 is 14.3 Å². The minimum atomic E-state index is -0.207. The molecule has 0 fully saturated rings. The summed E-state index contributed by atoms with van der Waals surface area (Å²) in [7, 11) is 3.03. The molecule has 10 heteroatoms. The van der Waals surface area contributed by atoms with E-state index < -0.39 is 0 Å². The molecule has 0 aliphatic carbocycles. The molecule has 0 unspecified atom stereocenters. The minimum Gasteiger partial charge on any atom is -0.495 e. The van der Waals surface area contributed by atoms with Crippen molar-refractivity contribution in [2.24, 2.45) is 0 Å². The highest BCUT2D eigenvalue weighted by Crippen LogP contribution is 2.36. The molecule has 0 radical (unpaired) electrons. The Balaban J connectivity index is 1.51. The maximum Gasteiger partial charge on any atom is 0.234 e. The second-order valence-electron chi connectivity index (χ2n) is 5.73. The van der Waals surface area contributed by atoms with Gasteiger partial charge in [0.25, 0.3) is 0 Å². The van der Waals surface area contributed by atoms with Gasteiger partial charge in [0.15, 0.2) is 0 Å². The Morgan fingerprint density at radius 1 is 1.25 bits per heavy atom. The lowest BCUT2D eigenvalue weighted by molar-refractivity contribution is -0.113. The monoisotopic (exact) mass is 434 g/mol. The summed E-state index contributed by atoms with van der Waals surface area (Å²) in [6.45, 7) is 0. The number of anilines is 1. The average Bonchev–Trinajstić information content (AvgIpc) is 3.28. The Hall–Kier alpha value is -2.49. The van der Waals surface area contributed by atoms with Crippen molar-refractivity contribution >= 4 is 62.0 Å². The van der Waals surface area contributed by atoms with Crippen LogP contribution in [0.4, 0.5) is 5.69 Å². The van der Waals surface area contributed by atoms with Crippen molar-refractivity contribution in [3.8, 4) is 11.5 Å². The van der Waals surface area contributed by atoms with Gasteiger partial charge >= 0.3 is 0 Å². The third-order valence-corrected chi connectivity index (χ3v) is 6.20. The number of nitrogens with zero attached hydrogens (tertiary/aromatic N) is 3. The third kappa shape index (κ3) is 3.48. The number of benzene rings is 1. The topological polar surface area (TPSA) is 77.8 Å². The van der Waals surface area contributed by atoms with E-state index in [0.717, 1.165) is 15.7 Å². The number of hydrogen-bond donors (Lipinski definition) is 1. The fourth-order valence-electron chi connectivity index (χ4n) is 2.80. The molecule has 0 saturated carbocycles. The molecule has 0 spiro atoms. The summed E-state index contributed by atoms with van der Waals surface area (Å²) in [6.07, 6.45) is 1.68. The maximum absolute atomic E-state index is 12.5. The van der Waals surface area contributed by atoms with E-state index in [-0.39, 0.29) is 11.7 Å². The Kier molecular flexibility index (Phi) is 5.29. The van der Waals surface area contributed by atoms with Crippen LogP contribution in [0.3, 0.4) is 0 Å². The second kappa shape index (κ2) is 7.86. The van der Waals surface area contributed by atoms with E-state index in [0.29, 0.717) is 27.2 Å². The Labute approximate surface area is 173 Å². The van der Waals surface area contributed by atoms with Gasteiger partial charge in [-0.05, 0) is 23.6 Å². The molecule has 4 rings (SSSR count). The molecule has 1 amide bonds. The average molecular weight is 435 g/mol. The molecule has 0 aliphatic rings. The van der Waals surface area contributed by atoms with Gasteiger partial charge in [-0.3, -0.25) is 9.20 Å². The Morgan fingerprint density at radius 2 is 2.07 bits per heavy atom. The number of thiophene rings is 1. The number of fused-ring (bicyclic) bond motifs is 3. The van der Waals surface area contributed by atoms with Crippen molar-refractivity contribution in [2.45, 2.75) is 5.03 Å². The number of methoxy groups -OCH3 is 2. The second-order valence-corrected chi connectivity index (χ2v) is 8.05. The van der Waals surface area contributed by atoms with Crippen LogP contribution in [0.5, 0.6) is 11.5 Å². The van der Waals surface area contributed by atoms with E-state index in [9.17, 15) is 4.79 Å². The van der Waals surface area contributed by atoms with Gasteiger partial charge in [-0.2, -0.15) is 0 Å². The van der Waals surface area contributed by atoms with Gasteiger partial charge in [0, 0.05) is 6.07 Å². The molecule has 1 N–H and O–H groups in total. The van der Waals surface area contributed by atoms with Crippen LogP contribution in [0.1, 0.15) is 0 Å². The zero-order valence-corrected chi connectivity index (χ0v) is 17.3. The lowest BCUT2D eigenvalue weighted by Crippen LogP contribution is -2.15. The summed E-state index contributed by atoms with van der Waals surface area (Å²) in [6, 6.07) is 7.32. The predicted octanol–water partition coefficient (Wildman–Crippen LogP) is 4.35. The summed E-state index contributed by atoms with van der Waals surface area (Å²) in [4.78, 5) is 12.5. The molecular formula is C18H15ClN4O3S2. The van der Waals surface area contributed by atoms with E-state index in [1.807, 2.05) is 15.8 Å². The molecule has 7 nitrogen and oxygen atoms in total. The van der Waals surface area contributed by atoms with Crippen LogP contribution < -0.4 is 14.8 Å². The van der Waals surface area contributed by atoms with E-state index in [1.54, 1.807) is 29.8 Å². The normalized spacial score (nSPS) is 11.1. The third-order valence-electron chi connectivity index (χ3n) is 4.08. The van der Waals surface area contributed by atoms with E-state index in [4.69, 9.17) is 21.1 Å². The summed E-state index contributed by atoms with van der Waals surface area (Å²) in [5.41, 5.74) is 2.49. The molecular weight excluding hydrogens is 420 g/mol. The van der Waals surface area contributed by atoms with Crippen LogP contribution in [0.25, 0.3) is 15.7 Å². The van der Waals surface area contributed by atoms with Gasteiger partial charge in [-0.25, -0.2) is 0 Å². The predicted molar refractivity (Wildman–Crippen MR) is 112 cm³/mol. The molecule has 3 heterocycles. The fraction of sp³-hybridized carbons (Fsp3) is 0.167. The molecule has 144 valence electrons. The van der Waals surface area contributed by atoms with Crippen LogP contribution in [0, 0.1) is 0 Å². The summed E-state index contributed by atoms with van der Waals surface area (Å²) >= 11 is 9.13. The number of aromatic nitrogens is 3. The lowest BCUT2D eigenvalue weighted by Gasteiger charge is -2.13.